The third kappa shape index (κ3) is 2.34. The number of hydrogen-bond acceptors (Lipinski definition) is 4. The molecule has 1 heterocycles. The van der Waals surface area contributed by atoms with E-state index in [1.807, 2.05) is 6.07 Å². The third-order valence-electron chi connectivity index (χ3n) is 2.72. The number of cyclic esters (lactones) is 1. The molecule has 0 aliphatic carbocycles. The minimum absolute atomic E-state index is 0.123. The maximum absolute atomic E-state index is 11.3. The summed E-state index contributed by atoms with van der Waals surface area (Å²) in [7, 11) is 0. The summed E-state index contributed by atoms with van der Waals surface area (Å²) < 4.78 is 4.96. The Kier molecular flexibility index (Phi) is 3.32. The van der Waals surface area contributed by atoms with Crippen molar-refractivity contribution in [1.29, 1.82) is 0 Å². The van der Waals surface area contributed by atoms with Crippen LogP contribution in [0, 0.1) is 0 Å². The lowest BCUT2D eigenvalue weighted by Crippen LogP contribution is -2.13. The molecule has 1 aliphatic rings. The number of esters is 1. The zero-order valence-electron chi connectivity index (χ0n) is 9.50. The summed E-state index contributed by atoms with van der Waals surface area (Å²) >= 11 is 0. The molecule has 0 radical (unpaired) electrons. The van der Waals surface area contributed by atoms with Gasteiger partial charge in [0.1, 0.15) is 6.10 Å². The minimum atomic E-state index is -0.968. The molecular formula is C13H12O5. The quantitative estimate of drug-likeness (QED) is 0.793. The van der Waals surface area contributed by atoms with E-state index in [9.17, 15) is 14.7 Å². The van der Waals surface area contributed by atoms with E-state index in [-0.39, 0.29) is 12.8 Å². The first kappa shape index (κ1) is 12.2. The molecule has 0 bridgehead atoms. The van der Waals surface area contributed by atoms with Crippen LogP contribution in [0.5, 0.6) is 0 Å². The van der Waals surface area contributed by atoms with Crippen LogP contribution in [0.25, 0.3) is 5.57 Å². The minimum Gasteiger partial charge on any atom is -0.502 e. The summed E-state index contributed by atoms with van der Waals surface area (Å²) in [5, 5.41) is 18.3. The van der Waals surface area contributed by atoms with Crippen LogP contribution in [-0.2, 0) is 14.3 Å². The smallest absolute Gasteiger partial charge is 0.374 e. The monoisotopic (exact) mass is 248 g/mol. The van der Waals surface area contributed by atoms with Gasteiger partial charge in [-0.05, 0) is 12.0 Å². The van der Waals surface area contributed by atoms with Gasteiger partial charge in [-0.1, -0.05) is 30.3 Å². The van der Waals surface area contributed by atoms with Crippen molar-refractivity contribution in [2.24, 2.45) is 0 Å². The Balaban J connectivity index is 2.28. The number of carboxylic acid groups (broad SMARTS) is 1. The van der Waals surface area contributed by atoms with Crippen LogP contribution in [0.1, 0.15) is 18.4 Å². The first-order valence-electron chi connectivity index (χ1n) is 5.51. The van der Waals surface area contributed by atoms with Crippen LogP contribution in [-0.4, -0.2) is 28.3 Å². The van der Waals surface area contributed by atoms with Gasteiger partial charge in [-0.25, -0.2) is 4.79 Å². The third-order valence-corrected chi connectivity index (χ3v) is 2.72. The van der Waals surface area contributed by atoms with Crippen molar-refractivity contribution in [2.45, 2.75) is 18.9 Å². The van der Waals surface area contributed by atoms with Gasteiger partial charge in [-0.15, -0.1) is 0 Å². The van der Waals surface area contributed by atoms with Crippen molar-refractivity contribution in [2.75, 3.05) is 0 Å². The molecule has 2 rings (SSSR count). The Hall–Kier alpha value is -2.30. The van der Waals surface area contributed by atoms with Crippen LogP contribution >= 0.6 is 0 Å². The molecule has 0 spiro atoms. The highest BCUT2D eigenvalue weighted by Crippen LogP contribution is 2.32. The van der Waals surface area contributed by atoms with Crippen LogP contribution in [0.4, 0.5) is 0 Å². The number of carboxylic acids is 1. The summed E-state index contributed by atoms with van der Waals surface area (Å²) in [5.41, 5.74) is 1.03. The van der Waals surface area contributed by atoms with E-state index in [0.717, 1.165) is 0 Å². The molecule has 1 aliphatic heterocycles. The lowest BCUT2D eigenvalue weighted by molar-refractivity contribution is -0.144. The second-order valence-electron chi connectivity index (χ2n) is 3.95. The first-order valence-corrected chi connectivity index (χ1v) is 5.51. The summed E-state index contributed by atoms with van der Waals surface area (Å²) in [6, 6.07) is 8.83. The van der Waals surface area contributed by atoms with Crippen LogP contribution < -0.4 is 0 Å². The number of rotatable bonds is 4. The Labute approximate surface area is 103 Å². The fourth-order valence-electron chi connectivity index (χ4n) is 1.90. The van der Waals surface area contributed by atoms with Gasteiger partial charge in [-0.2, -0.15) is 0 Å². The second-order valence-corrected chi connectivity index (χ2v) is 3.95. The van der Waals surface area contributed by atoms with Crippen LogP contribution in [0.3, 0.4) is 0 Å². The standard InChI is InChI=1S/C13H12O5/c14-10(15)7-6-9-11(12(16)13(17)18-9)8-4-2-1-3-5-8/h1-5,9,16H,6-7H2,(H,14,15)/t9-/m0/s1. The number of aliphatic hydroxyl groups is 1. The second kappa shape index (κ2) is 4.91. The maximum Gasteiger partial charge on any atom is 0.374 e. The molecule has 0 fully saturated rings. The van der Waals surface area contributed by atoms with Crippen molar-refractivity contribution in [3.05, 3.63) is 41.7 Å². The molecule has 1 atom stereocenters. The molecule has 5 heteroatoms. The van der Waals surface area contributed by atoms with E-state index in [1.165, 1.54) is 0 Å². The molecule has 0 saturated carbocycles. The fourth-order valence-corrected chi connectivity index (χ4v) is 1.90. The average Bonchev–Trinajstić information content (AvgIpc) is 2.64. The van der Waals surface area contributed by atoms with Gasteiger partial charge in [0.25, 0.3) is 0 Å². The molecule has 5 nitrogen and oxygen atoms in total. The highest BCUT2D eigenvalue weighted by Gasteiger charge is 2.34. The van der Waals surface area contributed by atoms with Gasteiger partial charge < -0.3 is 14.9 Å². The molecular weight excluding hydrogens is 236 g/mol. The molecule has 2 N–H and O–H groups in total. The zero-order valence-corrected chi connectivity index (χ0v) is 9.50. The zero-order chi connectivity index (χ0) is 13.1. The molecule has 0 unspecified atom stereocenters. The van der Waals surface area contributed by atoms with E-state index in [1.54, 1.807) is 24.3 Å². The molecule has 0 saturated heterocycles. The van der Waals surface area contributed by atoms with E-state index in [0.29, 0.717) is 11.1 Å². The number of aliphatic carboxylic acids is 1. The molecule has 1 aromatic carbocycles. The molecule has 0 amide bonds. The lowest BCUT2D eigenvalue weighted by Gasteiger charge is -2.12. The van der Waals surface area contributed by atoms with Gasteiger partial charge in [-0.3, -0.25) is 4.79 Å². The number of carbonyl (C=O) groups excluding carboxylic acids is 1. The number of carbonyl (C=O) groups is 2. The maximum atomic E-state index is 11.3. The van der Waals surface area contributed by atoms with E-state index in [4.69, 9.17) is 9.84 Å². The van der Waals surface area contributed by atoms with E-state index >= 15 is 0 Å². The Morgan fingerprint density at radius 3 is 2.56 bits per heavy atom. The van der Waals surface area contributed by atoms with Gasteiger partial charge in [0.05, 0.1) is 0 Å². The molecule has 18 heavy (non-hydrogen) atoms. The first-order chi connectivity index (χ1) is 8.59. The number of benzene rings is 1. The van der Waals surface area contributed by atoms with Crippen molar-refractivity contribution in [1.82, 2.24) is 0 Å². The van der Waals surface area contributed by atoms with E-state index in [2.05, 4.69) is 0 Å². The number of aliphatic hydroxyl groups excluding tert-OH is 1. The van der Waals surface area contributed by atoms with Crippen molar-refractivity contribution in [3.8, 4) is 0 Å². The molecule has 0 aromatic heterocycles. The Morgan fingerprint density at radius 1 is 1.28 bits per heavy atom. The highest BCUT2D eigenvalue weighted by atomic mass is 16.6. The normalized spacial score (nSPS) is 18.9. The fraction of sp³-hybridized carbons (Fsp3) is 0.231. The van der Waals surface area contributed by atoms with Gasteiger partial charge in [0, 0.05) is 12.0 Å². The predicted octanol–water partition coefficient (Wildman–Crippen LogP) is 1.75. The number of hydrogen-bond donors (Lipinski definition) is 2. The lowest BCUT2D eigenvalue weighted by atomic mass is 9.97. The molecule has 1 aromatic rings. The largest absolute Gasteiger partial charge is 0.502 e. The van der Waals surface area contributed by atoms with Crippen molar-refractivity contribution >= 4 is 17.5 Å². The van der Waals surface area contributed by atoms with Crippen molar-refractivity contribution < 1.29 is 24.5 Å². The van der Waals surface area contributed by atoms with Crippen LogP contribution in [0.15, 0.2) is 36.1 Å². The summed E-state index contributed by atoms with van der Waals surface area (Å²) in [5.74, 6) is -2.20. The van der Waals surface area contributed by atoms with Gasteiger partial charge >= 0.3 is 11.9 Å². The average molecular weight is 248 g/mol. The highest BCUT2D eigenvalue weighted by molar-refractivity contribution is 6.00. The number of ether oxygens (including phenoxy) is 1. The van der Waals surface area contributed by atoms with Gasteiger partial charge in [0.15, 0.2) is 0 Å². The Bertz CT molecular complexity index is 503. The molecule has 94 valence electrons. The Morgan fingerprint density at radius 2 is 1.94 bits per heavy atom. The van der Waals surface area contributed by atoms with Crippen LogP contribution in [0.2, 0.25) is 0 Å². The summed E-state index contributed by atoms with van der Waals surface area (Å²) in [4.78, 5) is 21.9. The summed E-state index contributed by atoms with van der Waals surface area (Å²) in [6.07, 6.45) is -0.673. The van der Waals surface area contributed by atoms with Gasteiger partial charge in [0.2, 0.25) is 5.76 Å². The predicted molar refractivity (Wildman–Crippen MR) is 62.7 cm³/mol. The van der Waals surface area contributed by atoms with Crippen molar-refractivity contribution in [3.63, 3.8) is 0 Å². The SMILES string of the molecule is O=C(O)CC[C@@H]1OC(=O)C(O)=C1c1ccccc1. The van der Waals surface area contributed by atoms with E-state index < -0.39 is 23.8 Å². The summed E-state index contributed by atoms with van der Waals surface area (Å²) in [6.45, 7) is 0. The topological polar surface area (TPSA) is 83.8 Å².